The van der Waals surface area contributed by atoms with E-state index in [-0.39, 0.29) is 5.91 Å². The van der Waals surface area contributed by atoms with Gasteiger partial charge in [-0.2, -0.15) is 0 Å². The number of aromatic nitrogens is 4. The van der Waals surface area contributed by atoms with Crippen LogP contribution in [0.5, 0.6) is 0 Å². The summed E-state index contributed by atoms with van der Waals surface area (Å²) < 4.78 is 4.78. The van der Waals surface area contributed by atoms with E-state index in [1.54, 1.807) is 6.92 Å². The van der Waals surface area contributed by atoms with Crippen molar-refractivity contribution in [2.24, 2.45) is 0 Å². The normalized spacial score (nSPS) is 14.2. The topological polar surface area (TPSA) is 88.3 Å². The van der Waals surface area contributed by atoms with Crippen LogP contribution in [-0.2, 0) is 24.2 Å². The monoisotopic (exact) mass is 330 g/mol. The zero-order valence-corrected chi connectivity index (χ0v) is 14.5. The Balaban J connectivity index is 1.90. The molecule has 2 aromatic heterocycles. The number of fused-ring (bicyclic) bond motifs is 1. The zero-order valence-electron chi connectivity index (χ0n) is 14.5. The Hall–Kier alpha value is -2.51. The average molecular weight is 330 g/mol. The van der Waals surface area contributed by atoms with E-state index in [0.29, 0.717) is 19.6 Å². The molecule has 0 fully saturated rings. The van der Waals surface area contributed by atoms with Crippen LogP contribution in [0.2, 0.25) is 0 Å². The summed E-state index contributed by atoms with van der Waals surface area (Å²) >= 11 is 0. The van der Waals surface area contributed by atoms with Crippen LogP contribution >= 0.6 is 0 Å². The Morgan fingerprint density at radius 3 is 2.62 bits per heavy atom. The molecule has 0 saturated carbocycles. The van der Waals surface area contributed by atoms with Crippen LogP contribution < -0.4 is 4.90 Å². The second-order valence-corrected chi connectivity index (χ2v) is 6.18. The molecule has 0 spiro atoms. The molecule has 1 aliphatic rings. The summed E-state index contributed by atoms with van der Waals surface area (Å²) in [6.45, 7) is 7.34. The molecule has 1 aliphatic heterocycles. The number of hydrogen-bond acceptors (Lipinski definition) is 7. The van der Waals surface area contributed by atoms with Crippen molar-refractivity contribution in [1.29, 1.82) is 0 Å². The minimum atomic E-state index is 0.103. The molecule has 0 radical (unpaired) electrons. The summed E-state index contributed by atoms with van der Waals surface area (Å²) in [7, 11) is 1.98. The number of rotatable bonds is 3. The highest BCUT2D eigenvalue weighted by Crippen LogP contribution is 2.25. The number of hydrogen-bond donors (Lipinski definition) is 0. The Bertz CT molecular complexity index is 757. The van der Waals surface area contributed by atoms with E-state index in [0.717, 1.165) is 47.1 Å². The van der Waals surface area contributed by atoms with Crippen LogP contribution in [0, 0.1) is 13.8 Å². The molecule has 24 heavy (non-hydrogen) atoms. The first kappa shape index (κ1) is 16.4. The minimum absolute atomic E-state index is 0.103. The quantitative estimate of drug-likeness (QED) is 0.831. The molecule has 0 atom stereocenters. The van der Waals surface area contributed by atoms with Gasteiger partial charge in [-0.15, -0.1) is 0 Å². The number of aryl methyl sites for hydroxylation is 2. The molecule has 1 amide bonds. The second kappa shape index (κ2) is 6.54. The molecule has 0 unspecified atom stereocenters. The zero-order chi connectivity index (χ0) is 17.3. The Morgan fingerprint density at radius 2 is 1.96 bits per heavy atom. The number of carbonyl (C=O) groups is 1. The van der Waals surface area contributed by atoms with Crippen LogP contribution in [0.4, 0.5) is 5.82 Å². The number of carbonyl (C=O) groups excluding carboxylic acids is 1. The summed E-state index contributed by atoms with van der Waals surface area (Å²) in [5.41, 5.74) is 3.71. The molecule has 8 nitrogen and oxygen atoms in total. The minimum Gasteiger partial charge on any atom is -0.353 e. The lowest BCUT2D eigenvalue weighted by molar-refractivity contribution is -0.128. The highest BCUT2D eigenvalue weighted by molar-refractivity contribution is 5.73. The van der Waals surface area contributed by atoms with Crippen molar-refractivity contribution < 1.29 is 9.42 Å². The molecule has 3 rings (SSSR count). The highest BCUT2D eigenvalue weighted by Gasteiger charge is 2.23. The molecule has 0 saturated heterocycles. The van der Waals surface area contributed by atoms with Gasteiger partial charge in [0.2, 0.25) is 5.91 Å². The Kier molecular flexibility index (Phi) is 4.46. The fraction of sp³-hybridized carbons (Fsp3) is 0.562. The van der Waals surface area contributed by atoms with Crippen molar-refractivity contribution in [3.05, 3.63) is 28.5 Å². The van der Waals surface area contributed by atoms with E-state index in [4.69, 9.17) is 4.63 Å². The van der Waals surface area contributed by atoms with Crippen molar-refractivity contribution in [2.75, 3.05) is 25.0 Å². The molecule has 0 bridgehead atoms. The van der Waals surface area contributed by atoms with Gasteiger partial charge in [-0.05, 0) is 20.3 Å². The van der Waals surface area contributed by atoms with Gasteiger partial charge in [-0.3, -0.25) is 4.79 Å². The summed E-state index contributed by atoms with van der Waals surface area (Å²) in [5.74, 6) is 1.74. The average Bonchev–Trinajstić information content (AvgIpc) is 2.81. The van der Waals surface area contributed by atoms with E-state index in [1.165, 1.54) is 0 Å². The molecule has 128 valence electrons. The van der Waals surface area contributed by atoms with Crippen molar-refractivity contribution in [3.63, 3.8) is 0 Å². The summed E-state index contributed by atoms with van der Waals surface area (Å²) in [6.07, 6.45) is 1.51. The fourth-order valence-electron chi connectivity index (χ4n) is 3.02. The number of amides is 1. The predicted octanol–water partition coefficient (Wildman–Crippen LogP) is 1.06. The largest absolute Gasteiger partial charge is 0.353 e. The smallest absolute Gasteiger partial charge is 0.219 e. The van der Waals surface area contributed by atoms with Crippen molar-refractivity contribution in [2.45, 2.75) is 40.2 Å². The Morgan fingerprint density at radius 1 is 1.21 bits per heavy atom. The molecule has 0 aliphatic carbocycles. The van der Waals surface area contributed by atoms with E-state index in [9.17, 15) is 4.79 Å². The first-order chi connectivity index (χ1) is 11.5. The van der Waals surface area contributed by atoms with Gasteiger partial charge in [0.05, 0.1) is 12.2 Å². The first-order valence-electron chi connectivity index (χ1n) is 8.06. The van der Waals surface area contributed by atoms with Gasteiger partial charge < -0.3 is 9.80 Å². The van der Waals surface area contributed by atoms with Crippen LogP contribution in [0.1, 0.15) is 35.4 Å². The molecule has 0 aromatic carbocycles. The molecule has 2 aromatic rings. The fourth-order valence-corrected chi connectivity index (χ4v) is 3.02. The maximum atomic E-state index is 11.7. The van der Waals surface area contributed by atoms with Crippen LogP contribution in [0.3, 0.4) is 0 Å². The van der Waals surface area contributed by atoms with Crippen molar-refractivity contribution in [3.8, 4) is 0 Å². The van der Waals surface area contributed by atoms with Gasteiger partial charge in [0.1, 0.15) is 23.0 Å². The predicted molar refractivity (Wildman–Crippen MR) is 87.6 cm³/mol. The second-order valence-electron chi connectivity index (χ2n) is 6.18. The molecule has 3 heterocycles. The number of anilines is 1. The number of nitrogens with zero attached hydrogens (tertiary/aromatic N) is 6. The van der Waals surface area contributed by atoms with Crippen LogP contribution in [-0.4, -0.2) is 51.2 Å². The molecular formula is C16H22N6O2. The molecule has 8 heteroatoms. The van der Waals surface area contributed by atoms with Crippen LogP contribution in [0.15, 0.2) is 4.63 Å². The lowest BCUT2D eigenvalue weighted by atomic mass is 10.1. The van der Waals surface area contributed by atoms with Crippen molar-refractivity contribution >= 4 is 11.7 Å². The Labute approximate surface area is 140 Å². The standard InChI is InChI=1S/C16H22N6O2/c1-10-15(20-24-19-10)9-21(4)16-13-5-7-22(12(3)23)8-6-14(13)17-11(2)18-16/h5-9H2,1-4H3. The SMILES string of the molecule is CC(=O)N1CCc2nc(C)nc(N(C)Cc3nonc3C)c2CC1. The van der Waals surface area contributed by atoms with Gasteiger partial charge in [0.15, 0.2) is 0 Å². The van der Waals surface area contributed by atoms with Gasteiger partial charge in [-0.1, -0.05) is 10.3 Å². The molecule has 0 N–H and O–H groups in total. The van der Waals surface area contributed by atoms with E-state index >= 15 is 0 Å². The van der Waals surface area contributed by atoms with E-state index in [1.807, 2.05) is 30.7 Å². The third-order valence-electron chi connectivity index (χ3n) is 4.37. The molecular weight excluding hydrogens is 308 g/mol. The summed E-state index contributed by atoms with van der Waals surface area (Å²) in [4.78, 5) is 24.8. The van der Waals surface area contributed by atoms with Gasteiger partial charge in [-0.25, -0.2) is 14.6 Å². The maximum Gasteiger partial charge on any atom is 0.219 e. The van der Waals surface area contributed by atoms with E-state index in [2.05, 4.69) is 20.3 Å². The van der Waals surface area contributed by atoms with E-state index < -0.39 is 0 Å². The third kappa shape index (κ3) is 3.22. The summed E-state index contributed by atoms with van der Waals surface area (Å²) in [5, 5.41) is 7.77. The van der Waals surface area contributed by atoms with Crippen LogP contribution in [0.25, 0.3) is 0 Å². The maximum absolute atomic E-state index is 11.7. The van der Waals surface area contributed by atoms with Gasteiger partial charge >= 0.3 is 0 Å². The summed E-state index contributed by atoms with van der Waals surface area (Å²) in [6, 6.07) is 0. The van der Waals surface area contributed by atoms with Crippen molar-refractivity contribution in [1.82, 2.24) is 25.2 Å². The van der Waals surface area contributed by atoms with Gasteiger partial charge in [0.25, 0.3) is 0 Å². The highest BCUT2D eigenvalue weighted by atomic mass is 16.6. The van der Waals surface area contributed by atoms with Gasteiger partial charge in [0, 0.05) is 39.0 Å². The lowest BCUT2D eigenvalue weighted by Gasteiger charge is -2.22. The first-order valence-corrected chi connectivity index (χ1v) is 8.06. The lowest BCUT2D eigenvalue weighted by Crippen LogP contribution is -2.31. The third-order valence-corrected chi connectivity index (χ3v) is 4.37.